The van der Waals surface area contributed by atoms with Crippen LogP contribution in [0.5, 0.6) is 0 Å². The van der Waals surface area contributed by atoms with Crippen LogP contribution in [0.2, 0.25) is 18.6 Å². The fourth-order valence-electron chi connectivity index (χ4n) is 8.29. The van der Waals surface area contributed by atoms with Gasteiger partial charge >= 0.3 is 5.97 Å². The van der Waals surface area contributed by atoms with Gasteiger partial charge in [-0.2, -0.15) is 0 Å². The lowest BCUT2D eigenvalue weighted by Gasteiger charge is -2.31. The predicted octanol–water partition coefficient (Wildman–Crippen LogP) is 4.65. The van der Waals surface area contributed by atoms with E-state index in [0.29, 0.717) is 55.0 Å². The number of aliphatic hydroxyl groups is 1. The van der Waals surface area contributed by atoms with Gasteiger partial charge in [0.25, 0.3) is 5.91 Å². The van der Waals surface area contributed by atoms with Crippen molar-refractivity contribution in [1.29, 1.82) is 0 Å². The number of ether oxygens (including phenoxy) is 2. The minimum Gasteiger partial charge on any atom is -0.469 e. The number of fused-ring (bicyclic) bond motifs is 2. The van der Waals surface area contributed by atoms with Gasteiger partial charge in [0.2, 0.25) is 14.3 Å². The van der Waals surface area contributed by atoms with E-state index in [2.05, 4.69) is 20.9 Å². The van der Waals surface area contributed by atoms with Crippen LogP contribution in [0.15, 0.2) is 54.7 Å². The van der Waals surface area contributed by atoms with Crippen LogP contribution >= 0.6 is 0 Å². The van der Waals surface area contributed by atoms with Crippen LogP contribution in [0.3, 0.4) is 0 Å². The number of nitrogens with zero attached hydrogens (tertiary/aromatic N) is 4. The third-order valence-corrected chi connectivity index (χ3v) is 13.2. The number of halogens is 1. The van der Waals surface area contributed by atoms with Gasteiger partial charge < -0.3 is 34.2 Å². The van der Waals surface area contributed by atoms with Crippen molar-refractivity contribution in [2.45, 2.75) is 94.3 Å². The molecule has 0 saturated carbocycles. The van der Waals surface area contributed by atoms with Crippen molar-refractivity contribution in [3.63, 3.8) is 0 Å². The summed E-state index contributed by atoms with van der Waals surface area (Å²) < 4.78 is 29.8. The zero-order valence-electron chi connectivity index (χ0n) is 29.8. The van der Waals surface area contributed by atoms with E-state index >= 15 is 4.11 Å². The Morgan fingerprint density at radius 2 is 1.98 bits per heavy atom. The highest BCUT2D eigenvalue weighted by atomic mass is 28.4. The first-order valence-corrected chi connectivity index (χ1v) is 20.9. The minimum atomic E-state index is -3.43. The Bertz CT molecular complexity index is 1710. The maximum absolute atomic E-state index is 16.4. The molecule has 3 aliphatic rings. The normalized spacial score (nSPS) is 25.0. The molecule has 6 rings (SSSR count). The second-order valence-corrected chi connectivity index (χ2v) is 18.3. The molecule has 0 aliphatic carbocycles. The first-order chi connectivity index (χ1) is 24.5. The van der Waals surface area contributed by atoms with Gasteiger partial charge in [0, 0.05) is 48.4 Å². The van der Waals surface area contributed by atoms with Gasteiger partial charge in [0.05, 0.1) is 43.2 Å². The summed E-state index contributed by atoms with van der Waals surface area (Å²) in [5.41, 5.74) is 1.40. The molecule has 12 nitrogen and oxygen atoms in total. The fraction of sp³-hybridized carbons (Fsp3) is 0.541. The fourth-order valence-corrected chi connectivity index (χ4v) is 10.8. The predicted molar refractivity (Wildman–Crippen MR) is 192 cm³/mol. The molecule has 2 amide bonds. The zero-order valence-corrected chi connectivity index (χ0v) is 30.8. The molecule has 0 bridgehead atoms. The Balaban J connectivity index is 1.28. The number of aryl methyl sites for hydroxylation is 1. The number of anilines is 2. The number of nitrogens with one attached hydrogen (secondary N) is 2. The number of unbranched alkanes of at least 4 members (excludes halogenated alkanes) is 1. The Hall–Kier alpha value is -3.98. The zero-order chi connectivity index (χ0) is 36.3. The number of rotatable bonds is 14. The number of hydrogen-bond donors (Lipinski definition) is 3. The molecule has 51 heavy (non-hydrogen) atoms. The van der Waals surface area contributed by atoms with Crippen molar-refractivity contribution in [2.24, 2.45) is 5.92 Å². The van der Waals surface area contributed by atoms with Crippen LogP contribution in [0.1, 0.15) is 68.2 Å². The molecule has 0 radical (unpaired) electrons. The molecule has 6 atom stereocenters. The number of aliphatic hydroxyl groups excluding tert-OH is 1. The summed E-state index contributed by atoms with van der Waals surface area (Å²) in [6.07, 6.45) is 4.60. The van der Waals surface area contributed by atoms with E-state index in [4.69, 9.17) is 9.47 Å². The SMILES string of the molecule is COC(=O)CCCCN1C(=O)[C@]2(O[C@H](CCn3cc(C(CO)c4ccccc4)nn3)[C@@H]([Si](C)(C)F)[C@@H]2C)c2cc(NC(=O)[C@H]3CCCN3)ccc21. The molecular weight excluding hydrogens is 672 g/mol. The molecule has 1 aromatic heterocycles. The van der Waals surface area contributed by atoms with E-state index < -0.39 is 31.6 Å². The van der Waals surface area contributed by atoms with Gasteiger partial charge in [-0.05, 0) is 75.5 Å². The first kappa shape index (κ1) is 36.8. The molecule has 3 aliphatic heterocycles. The number of carbonyl (C=O) groups excluding carboxylic acids is 3. The maximum Gasteiger partial charge on any atom is 0.305 e. The summed E-state index contributed by atoms with van der Waals surface area (Å²) in [4.78, 5) is 41.3. The van der Waals surface area contributed by atoms with Crippen LogP contribution in [-0.4, -0.2) is 85.2 Å². The lowest BCUT2D eigenvalue weighted by Crippen LogP contribution is -2.45. The Morgan fingerprint density at radius 3 is 2.67 bits per heavy atom. The van der Waals surface area contributed by atoms with Crippen molar-refractivity contribution in [3.05, 3.63) is 71.5 Å². The molecule has 274 valence electrons. The van der Waals surface area contributed by atoms with E-state index in [1.165, 1.54) is 7.11 Å². The second kappa shape index (κ2) is 15.3. The largest absolute Gasteiger partial charge is 0.469 e. The Kier molecular flexibility index (Phi) is 11.1. The van der Waals surface area contributed by atoms with Gasteiger partial charge in [-0.1, -0.05) is 42.5 Å². The van der Waals surface area contributed by atoms with Crippen molar-refractivity contribution < 1.29 is 33.1 Å². The molecule has 1 spiro atoms. The molecule has 4 heterocycles. The quantitative estimate of drug-likeness (QED) is 0.0938. The van der Waals surface area contributed by atoms with Gasteiger partial charge in [0.15, 0.2) is 5.60 Å². The van der Waals surface area contributed by atoms with E-state index in [-0.39, 0.29) is 42.8 Å². The minimum absolute atomic E-state index is 0.126. The average molecular weight is 721 g/mol. The monoisotopic (exact) mass is 720 g/mol. The highest BCUT2D eigenvalue weighted by molar-refractivity contribution is 6.72. The maximum atomic E-state index is 16.4. The number of benzene rings is 2. The topological polar surface area (TPSA) is 148 Å². The summed E-state index contributed by atoms with van der Waals surface area (Å²) in [7, 11) is -2.07. The van der Waals surface area contributed by atoms with Crippen LogP contribution in [0, 0.1) is 5.92 Å². The molecule has 2 saturated heterocycles. The third kappa shape index (κ3) is 7.37. The van der Waals surface area contributed by atoms with E-state index in [1.54, 1.807) is 34.9 Å². The van der Waals surface area contributed by atoms with Crippen molar-refractivity contribution in [3.8, 4) is 0 Å². The van der Waals surface area contributed by atoms with Gasteiger partial charge in [-0.25, -0.2) is 0 Å². The summed E-state index contributed by atoms with van der Waals surface area (Å²) in [6, 6.07) is 14.8. The van der Waals surface area contributed by atoms with Gasteiger partial charge in [-0.15, -0.1) is 5.10 Å². The lowest BCUT2D eigenvalue weighted by molar-refractivity contribution is -0.146. The van der Waals surface area contributed by atoms with Crippen molar-refractivity contribution >= 4 is 37.6 Å². The summed E-state index contributed by atoms with van der Waals surface area (Å²) in [5.74, 6) is -1.54. The van der Waals surface area contributed by atoms with Crippen LogP contribution in [0.25, 0.3) is 0 Å². The highest BCUT2D eigenvalue weighted by Gasteiger charge is 2.66. The lowest BCUT2D eigenvalue weighted by atomic mass is 9.82. The second-order valence-electron chi connectivity index (χ2n) is 14.5. The Morgan fingerprint density at radius 1 is 1.20 bits per heavy atom. The standard InChI is InChI=1S/C37H49FN6O6Si/c1-24-34(51(3,4)38)32(17-20-43-22-30(41-42-43)27(23-45)25-11-6-5-7-12-25)50-37(24)28-21-26(40-35(47)29-13-10-18-39-29)15-16-31(28)44(36(37)48)19-9-8-14-33(46)49-2/h5-7,11-12,15-16,21-22,24,27,29,32,34,39,45H,8-10,13-14,17-20,23H2,1-4H3,(H,40,47)/t24-,27?,29+,32+,34-,37+/m0/s1. The number of esters is 1. The average Bonchev–Trinajstić information content (AvgIpc) is 3.91. The molecule has 3 N–H and O–H groups in total. The number of hydrogen-bond acceptors (Lipinski definition) is 9. The summed E-state index contributed by atoms with van der Waals surface area (Å²) in [5, 5.41) is 25.1. The third-order valence-electron chi connectivity index (χ3n) is 10.8. The number of aromatic nitrogens is 3. The molecular formula is C37H49FN6O6Si. The summed E-state index contributed by atoms with van der Waals surface area (Å²) in [6.45, 7) is 6.62. The molecule has 14 heteroatoms. The van der Waals surface area contributed by atoms with Gasteiger partial charge in [0.1, 0.15) is 0 Å². The van der Waals surface area contributed by atoms with Crippen LogP contribution in [0.4, 0.5) is 15.5 Å². The van der Waals surface area contributed by atoms with Crippen LogP contribution in [-0.2, 0) is 36.0 Å². The van der Waals surface area contributed by atoms with Crippen molar-refractivity contribution in [1.82, 2.24) is 20.3 Å². The number of carbonyl (C=O) groups is 3. The smallest absolute Gasteiger partial charge is 0.305 e. The molecule has 2 fully saturated rings. The van der Waals surface area contributed by atoms with E-state index in [9.17, 15) is 19.5 Å². The van der Waals surface area contributed by atoms with E-state index in [0.717, 1.165) is 24.9 Å². The van der Waals surface area contributed by atoms with Crippen LogP contribution < -0.4 is 15.5 Å². The van der Waals surface area contributed by atoms with Gasteiger partial charge in [-0.3, -0.25) is 19.1 Å². The molecule has 3 aromatic rings. The Labute approximate surface area is 299 Å². The highest BCUT2D eigenvalue weighted by Crippen LogP contribution is 2.60. The number of methoxy groups -OCH3 is 1. The molecule has 1 unspecified atom stereocenters. The van der Waals surface area contributed by atoms with E-state index in [1.807, 2.05) is 49.4 Å². The summed E-state index contributed by atoms with van der Waals surface area (Å²) >= 11 is 0. The molecule has 2 aromatic carbocycles. The number of amides is 2. The first-order valence-electron chi connectivity index (χ1n) is 18.0. The van der Waals surface area contributed by atoms with Crippen molar-refractivity contribution in [2.75, 3.05) is 37.0 Å².